The lowest BCUT2D eigenvalue weighted by molar-refractivity contribution is -0.142. The Kier molecular flexibility index (Phi) is 10.4. The summed E-state index contributed by atoms with van der Waals surface area (Å²) in [7, 11) is 0. The molecule has 2 fully saturated rings. The fourth-order valence-electron chi connectivity index (χ4n) is 7.94. The fourth-order valence-corrected chi connectivity index (χ4v) is 7.94. The van der Waals surface area contributed by atoms with Gasteiger partial charge in [0.05, 0.1) is 6.21 Å². The van der Waals surface area contributed by atoms with Crippen molar-refractivity contribution < 1.29 is 19.2 Å². The molecule has 9 heteroatoms. The van der Waals surface area contributed by atoms with Crippen LogP contribution < -0.4 is 16.0 Å². The van der Waals surface area contributed by atoms with Crippen LogP contribution in [0, 0.1) is 35.5 Å². The minimum Gasteiger partial charge on any atom is -0.361 e. The van der Waals surface area contributed by atoms with Gasteiger partial charge in [-0.2, -0.15) is 0 Å². The van der Waals surface area contributed by atoms with Gasteiger partial charge in [-0.05, 0) is 80.4 Å². The standard InChI is InChI=1S/C37H47N5O4/c1-23-8-10-26(11-9-23)21-40-34(44)32(13-12-29(43)20-38)41-35(45)33(16-28-22-39-31-7-5-4-6-30(28)31)42-36(46)37-17-24(2)14-27(19-37)15-25(3)18-37/h4-11,20,22,24-25,27,32-33,38-39H,12-19,21H2,1-3H3,(H,40,44)(H,41,45)(H,42,46)/t24?,25?,27?,32-,33-,37?/m0/s1. The van der Waals surface area contributed by atoms with E-state index in [9.17, 15) is 19.2 Å². The second-order valence-electron chi connectivity index (χ2n) is 13.9. The van der Waals surface area contributed by atoms with Crippen molar-refractivity contribution in [2.45, 2.75) is 90.8 Å². The molecular weight excluding hydrogens is 578 g/mol. The highest BCUT2D eigenvalue weighted by Gasteiger charge is 2.49. The maximum atomic E-state index is 14.2. The van der Waals surface area contributed by atoms with Crippen molar-refractivity contribution in [3.05, 3.63) is 71.4 Å². The smallest absolute Gasteiger partial charge is 0.243 e. The van der Waals surface area contributed by atoms with Crippen molar-refractivity contribution in [2.75, 3.05) is 0 Å². The number of para-hydroxylation sites is 1. The van der Waals surface area contributed by atoms with Crippen molar-refractivity contribution in [3.8, 4) is 0 Å². The average Bonchev–Trinajstić information content (AvgIpc) is 3.43. The Labute approximate surface area is 271 Å². The topological polar surface area (TPSA) is 144 Å². The van der Waals surface area contributed by atoms with E-state index >= 15 is 0 Å². The minimum atomic E-state index is -1.02. The van der Waals surface area contributed by atoms with Gasteiger partial charge in [0, 0.05) is 41.9 Å². The normalized spacial score (nSPS) is 23.6. The largest absolute Gasteiger partial charge is 0.361 e. The second-order valence-corrected chi connectivity index (χ2v) is 13.9. The number of aromatic amines is 1. The highest BCUT2D eigenvalue weighted by atomic mass is 16.2. The van der Waals surface area contributed by atoms with Crippen LogP contribution in [0.25, 0.3) is 10.9 Å². The number of carbonyl (C=O) groups is 4. The number of rotatable bonds is 13. The lowest BCUT2D eigenvalue weighted by Gasteiger charge is -2.49. The predicted octanol–water partition coefficient (Wildman–Crippen LogP) is 5.16. The van der Waals surface area contributed by atoms with Gasteiger partial charge >= 0.3 is 0 Å². The van der Waals surface area contributed by atoms with Crippen LogP contribution in [-0.4, -0.2) is 46.8 Å². The molecule has 0 spiro atoms. The number of amides is 3. The van der Waals surface area contributed by atoms with E-state index in [2.05, 4.69) is 34.8 Å². The summed E-state index contributed by atoms with van der Waals surface area (Å²) in [6, 6.07) is 13.7. The van der Waals surface area contributed by atoms with Crippen LogP contribution in [0.5, 0.6) is 0 Å². The first-order chi connectivity index (χ1) is 22.0. The number of H-pyrrole nitrogens is 1. The van der Waals surface area contributed by atoms with Crippen LogP contribution in [0.3, 0.4) is 0 Å². The molecule has 5 N–H and O–H groups in total. The van der Waals surface area contributed by atoms with E-state index in [0.717, 1.165) is 65.9 Å². The molecule has 0 radical (unpaired) electrons. The molecular formula is C37H47N5O4. The van der Waals surface area contributed by atoms with Gasteiger partial charge in [-0.3, -0.25) is 19.2 Å². The molecule has 46 heavy (non-hydrogen) atoms. The summed E-state index contributed by atoms with van der Waals surface area (Å²) in [6.07, 6.45) is 7.51. The molecule has 244 valence electrons. The minimum absolute atomic E-state index is 0.0358. The van der Waals surface area contributed by atoms with Gasteiger partial charge in [0.25, 0.3) is 0 Å². The van der Waals surface area contributed by atoms with Crippen molar-refractivity contribution >= 4 is 40.6 Å². The van der Waals surface area contributed by atoms with Crippen molar-refractivity contribution in [3.63, 3.8) is 0 Å². The number of hydrogen-bond acceptors (Lipinski definition) is 5. The first-order valence-electron chi connectivity index (χ1n) is 16.6. The first kappa shape index (κ1) is 33.1. The molecule has 2 aliphatic rings. The zero-order valence-corrected chi connectivity index (χ0v) is 27.2. The molecule has 0 aliphatic heterocycles. The number of fused-ring (bicyclic) bond motifs is 3. The van der Waals surface area contributed by atoms with E-state index in [-0.39, 0.29) is 31.7 Å². The Morgan fingerprint density at radius 3 is 2.33 bits per heavy atom. The number of aromatic nitrogens is 1. The molecule has 3 amide bonds. The van der Waals surface area contributed by atoms with Crippen LogP contribution in [0.15, 0.2) is 54.7 Å². The molecule has 1 heterocycles. The molecule has 2 aromatic carbocycles. The molecule has 2 saturated carbocycles. The molecule has 9 nitrogen and oxygen atoms in total. The molecule has 5 rings (SSSR count). The van der Waals surface area contributed by atoms with E-state index in [1.807, 2.05) is 61.7 Å². The zero-order valence-electron chi connectivity index (χ0n) is 27.2. The second kappa shape index (κ2) is 14.4. The zero-order chi connectivity index (χ0) is 32.8. The van der Waals surface area contributed by atoms with Gasteiger partial charge in [-0.15, -0.1) is 0 Å². The van der Waals surface area contributed by atoms with Crippen LogP contribution >= 0.6 is 0 Å². The highest BCUT2D eigenvalue weighted by Crippen LogP contribution is 2.53. The molecule has 0 saturated heterocycles. The molecule has 2 bridgehead atoms. The van der Waals surface area contributed by atoms with E-state index in [0.29, 0.717) is 17.8 Å². The average molecular weight is 626 g/mol. The number of carbonyl (C=O) groups excluding carboxylic acids is 4. The van der Waals surface area contributed by atoms with Gasteiger partial charge in [0.15, 0.2) is 5.78 Å². The third-order valence-corrected chi connectivity index (χ3v) is 9.89. The van der Waals surface area contributed by atoms with Gasteiger partial charge in [-0.1, -0.05) is 61.9 Å². The van der Waals surface area contributed by atoms with Gasteiger partial charge in [0.2, 0.25) is 17.7 Å². The molecule has 2 aliphatic carbocycles. The van der Waals surface area contributed by atoms with Crippen molar-refractivity contribution in [1.82, 2.24) is 20.9 Å². The molecule has 4 atom stereocenters. The maximum absolute atomic E-state index is 14.2. The number of nitrogens with one attached hydrogen (secondary N) is 5. The lowest BCUT2D eigenvalue weighted by atomic mass is 9.56. The Morgan fingerprint density at radius 2 is 1.63 bits per heavy atom. The van der Waals surface area contributed by atoms with Gasteiger partial charge in [0.1, 0.15) is 12.1 Å². The summed E-state index contributed by atoms with van der Waals surface area (Å²) in [5, 5.41) is 17.2. The fraction of sp³-hybridized carbons (Fsp3) is 0.486. The predicted molar refractivity (Wildman–Crippen MR) is 179 cm³/mol. The number of benzene rings is 2. The number of Topliss-reactive ketones (excluding diaryl/α,β-unsaturated/α-hetero) is 1. The summed E-state index contributed by atoms with van der Waals surface area (Å²) >= 11 is 0. The number of ketones is 1. The quantitative estimate of drug-likeness (QED) is 0.167. The molecule has 3 aromatic rings. The summed E-state index contributed by atoms with van der Waals surface area (Å²) in [4.78, 5) is 57.1. The number of hydrogen-bond donors (Lipinski definition) is 5. The monoisotopic (exact) mass is 625 g/mol. The van der Waals surface area contributed by atoms with E-state index in [1.54, 1.807) is 0 Å². The Morgan fingerprint density at radius 1 is 0.935 bits per heavy atom. The summed E-state index contributed by atoms with van der Waals surface area (Å²) < 4.78 is 0. The summed E-state index contributed by atoms with van der Waals surface area (Å²) in [5.74, 6) is -0.0378. The Balaban J connectivity index is 1.38. The first-order valence-corrected chi connectivity index (χ1v) is 16.6. The summed E-state index contributed by atoms with van der Waals surface area (Å²) in [6.45, 7) is 6.69. The Hall–Kier alpha value is -4.27. The third kappa shape index (κ3) is 7.92. The highest BCUT2D eigenvalue weighted by molar-refractivity contribution is 6.26. The van der Waals surface area contributed by atoms with Crippen LogP contribution in [0.1, 0.15) is 75.5 Å². The Bertz CT molecular complexity index is 1560. The SMILES string of the molecule is Cc1ccc(CNC(=O)[C@H](CCC(=O)C=N)NC(=O)[C@H](Cc2c[nH]c3ccccc23)NC(=O)C23CC(C)CC(CC(C)C2)C3)cc1. The number of aryl methyl sites for hydroxylation is 1. The maximum Gasteiger partial charge on any atom is 0.243 e. The van der Waals surface area contributed by atoms with E-state index < -0.39 is 35.1 Å². The van der Waals surface area contributed by atoms with Gasteiger partial charge in [-0.25, -0.2) is 0 Å². The van der Waals surface area contributed by atoms with Gasteiger partial charge < -0.3 is 26.3 Å². The molecule has 1 aromatic heterocycles. The van der Waals surface area contributed by atoms with Crippen molar-refractivity contribution in [2.24, 2.45) is 23.2 Å². The van der Waals surface area contributed by atoms with Crippen LogP contribution in [-0.2, 0) is 32.1 Å². The van der Waals surface area contributed by atoms with Crippen LogP contribution in [0.4, 0.5) is 0 Å². The van der Waals surface area contributed by atoms with E-state index in [4.69, 9.17) is 5.41 Å². The lowest BCUT2D eigenvalue weighted by Crippen LogP contribution is -2.58. The van der Waals surface area contributed by atoms with E-state index in [1.165, 1.54) is 0 Å². The summed E-state index contributed by atoms with van der Waals surface area (Å²) in [5.41, 5.74) is 3.32. The van der Waals surface area contributed by atoms with Crippen LogP contribution in [0.2, 0.25) is 0 Å². The third-order valence-electron chi connectivity index (χ3n) is 9.89. The van der Waals surface area contributed by atoms with Crippen molar-refractivity contribution in [1.29, 1.82) is 5.41 Å². The molecule has 2 unspecified atom stereocenters.